The van der Waals surface area contributed by atoms with Crippen molar-refractivity contribution in [1.29, 1.82) is 0 Å². The highest BCUT2D eigenvalue weighted by molar-refractivity contribution is 5.08. The average Bonchev–Trinajstić information content (AvgIpc) is 2.70. The van der Waals surface area contributed by atoms with Crippen LogP contribution >= 0.6 is 0 Å². The van der Waals surface area contributed by atoms with Crippen molar-refractivity contribution < 1.29 is 8.78 Å². The van der Waals surface area contributed by atoms with Crippen LogP contribution in [0.4, 0.5) is 8.78 Å². The minimum Gasteiger partial charge on any atom is -0.205 e. The third-order valence-corrected chi connectivity index (χ3v) is 5.66. The number of alkyl halides is 2. The molecular formula is C30H48F2. The molecule has 0 aromatic carbocycles. The van der Waals surface area contributed by atoms with Gasteiger partial charge in [0.2, 0.25) is 0 Å². The van der Waals surface area contributed by atoms with E-state index in [1.54, 1.807) is 6.08 Å². The lowest BCUT2D eigenvalue weighted by molar-refractivity contribution is 0.189. The Balaban J connectivity index is 4.10. The van der Waals surface area contributed by atoms with Crippen LogP contribution in [-0.2, 0) is 0 Å². The van der Waals surface area contributed by atoms with Crippen LogP contribution in [0.2, 0.25) is 0 Å². The first-order valence-corrected chi connectivity index (χ1v) is 12.3. The normalized spacial score (nSPS) is 14.4. The summed E-state index contributed by atoms with van der Waals surface area (Å²) >= 11 is 0. The molecule has 182 valence electrons. The van der Waals surface area contributed by atoms with Gasteiger partial charge in [0, 0.05) is 0 Å². The molecule has 0 bridgehead atoms. The summed E-state index contributed by atoms with van der Waals surface area (Å²) in [6.45, 7) is 14.6. The standard InChI is InChI=1S/C30H48F2/c1-24(2)14-10-17-27(5)20-11-18-25(3)15-8-9-16-26(4)19-12-21-28(6)22-13-23-29(7)30(31)32/h14-16,20-21,23,30H,8-13,17-19,22H2,1-7H3. The van der Waals surface area contributed by atoms with Crippen molar-refractivity contribution in [2.75, 3.05) is 0 Å². The highest BCUT2D eigenvalue weighted by Crippen LogP contribution is 2.15. The maximum absolute atomic E-state index is 12.5. The van der Waals surface area contributed by atoms with Gasteiger partial charge in [0.05, 0.1) is 0 Å². The van der Waals surface area contributed by atoms with Gasteiger partial charge in [-0.05, 0) is 118 Å². The highest BCUT2D eigenvalue weighted by atomic mass is 19.3. The molecule has 0 heterocycles. The van der Waals surface area contributed by atoms with Gasteiger partial charge in [-0.25, -0.2) is 8.78 Å². The molecule has 0 N–H and O–H groups in total. The van der Waals surface area contributed by atoms with E-state index in [2.05, 4.69) is 71.9 Å². The van der Waals surface area contributed by atoms with Crippen molar-refractivity contribution in [1.82, 2.24) is 0 Å². The molecule has 0 saturated heterocycles. The fraction of sp³-hybridized carbons (Fsp3) is 0.600. The summed E-state index contributed by atoms with van der Waals surface area (Å²) in [4.78, 5) is 0. The lowest BCUT2D eigenvalue weighted by Gasteiger charge is -2.03. The third kappa shape index (κ3) is 19.0. The smallest absolute Gasteiger partial charge is 0.205 e. The van der Waals surface area contributed by atoms with Gasteiger partial charge in [0.15, 0.2) is 0 Å². The zero-order chi connectivity index (χ0) is 24.4. The molecular weight excluding hydrogens is 398 g/mol. The fourth-order valence-corrected chi connectivity index (χ4v) is 3.37. The van der Waals surface area contributed by atoms with Gasteiger partial charge in [0.1, 0.15) is 0 Å². The third-order valence-electron chi connectivity index (χ3n) is 5.66. The van der Waals surface area contributed by atoms with Crippen molar-refractivity contribution in [3.8, 4) is 0 Å². The Morgan fingerprint density at radius 3 is 1.12 bits per heavy atom. The van der Waals surface area contributed by atoms with E-state index in [-0.39, 0.29) is 5.57 Å². The summed E-state index contributed by atoms with van der Waals surface area (Å²) in [5.41, 5.74) is 7.29. The minimum atomic E-state index is -2.32. The molecule has 0 aliphatic heterocycles. The summed E-state index contributed by atoms with van der Waals surface area (Å²) < 4.78 is 24.9. The van der Waals surface area contributed by atoms with Crippen LogP contribution in [0.3, 0.4) is 0 Å². The van der Waals surface area contributed by atoms with Gasteiger partial charge in [-0.1, -0.05) is 64.3 Å². The Morgan fingerprint density at radius 1 is 0.469 bits per heavy atom. The molecule has 0 radical (unpaired) electrons. The van der Waals surface area contributed by atoms with E-state index < -0.39 is 6.43 Å². The van der Waals surface area contributed by atoms with Crippen LogP contribution in [0.15, 0.2) is 69.9 Å². The number of hydrogen-bond acceptors (Lipinski definition) is 0. The Kier molecular flexibility index (Phi) is 17.8. The molecule has 0 rings (SSSR count). The Morgan fingerprint density at radius 2 is 0.781 bits per heavy atom. The van der Waals surface area contributed by atoms with Gasteiger partial charge >= 0.3 is 0 Å². The van der Waals surface area contributed by atoms with Crippen LogP contribution in [0.25, 0.3) is 0 Å². The molecule has 0 spiro atoms. The van der Waals surface area contributed by atoms with Crippen molar-refractivity contribution in [2.24, 2.45) is 0 Å². The molecule has 0 nitrogen and oxygen atoms in total. The Hall–Kier alpha value is -1.70. The van der Waals surface area contributed by atoms with E-state index in [1.165, 1.54) is 41.2 Å². The summed E-state index contributed by atoms with van der Waals surface area (Å²) in [7, 11) is 0. The highest BCUT2D eigenvalue weighted by Gasteiger charge is 2.03. The number of unbranched alkanes of at least 4 members (excludes halogenated alkanes) is 1. The van der Waals surface area contributed by atoms with Crippen LogP contribution < -0.4 is 0 Å². The average molecular weight is 447 g/mol. The predicted octanol–water partition coefficient (Wildman–Crippen LogP) is 10.9. The topological polar surface area (TPSA) is 0 Å². The molecule has 0 fully saturated rings. The van der Waals surface area contributed by atoms with Gasteiger partial charge in [-0.3, -0.25) is 0 Å². The van der Waals surface area contributed by atoms with E-state index in [0.717, 1.165) is 51.4 Å². The molecule has 0 unspecified atom stereocenters. The van der Waals surface area contributed by atoms with Crippen LogP contribution in [0.5, 0.6) is 0 Å². The van der Waals surface area contributed by atoms with E-state index in [1.807, 2.05) is 0 Å². The lowest BCUT2D eigenvalue weighted by Crippen LogP contribution is -1.91. The number of rotatable bonds is 16. The number of allylic oxidation sites excluding steroid dienone is 12. The number of hydrogen-bond donors (Lipinski definition) is 0. The SMILES string of the molecule is CC(C)=CCCC(C)=CCCC(C)=CCCC=C(C)CCC=C(C)CCC=C(C)C(F)F. The molecule has 32 heavy (non-hydrogen) atoms. The van der Waals surface area contributed by atoms with E-state index in [4.69, 9.17) is 0 Å². The van der Waals surface area contributed by atoms with Gasteiger partial charge < -0.3 is 0 Å². The monoisotopic (exact) mass is 446 g/mol. The molecule has 0 amide bonds. The van der Waals surface area contributed by atoms with Crippen molar-refractivity contribution >= 4 is 0 Å². The second-order valence-electron chi connectivity index (χ2n) is 9.46. The maximum Gasteiger partial charge on any atom is 0.259 e. The molecule has 0 saturated carbocycles. The molecule has 0 aromatic heterocycles. The van der Waals surface area contributed by atoms with Gasteiger partial charge in [0.25, 0.3) is 6.43 Å². The maximum atomic E-state index is 12.5. The Labute approximate surface area is 198 Å². The summed E-state index contributed by atoms with van der Waals surface area (Å²) in [6, 6.07) is 0. The van der Waals surface area contributed by atoms with Gasteiger partial charge in [-0.15, -0.1) is 0 Å². The second-order valence-corrected chi connectivity index (χ2v) is 9.46. The van der Waals surface area contributed by atoms with E-state index >= 15 is 0 Å². The van der Waals surface area contributed by atoms with E-state index in [9.17, 15) is 8.78 Å². The predicted molar refractivity (Wildman–Crippen MR) is 140 cm³/mol. The molecule has 0 aromatic rings. The number of halogens is 2. The first kappa shape index (κ1) is 30.3. The zero-order valence-corrected chi connectivity index (χ0v) is 21.9. The largest absolute Gasteiger partial charge is 0.259 e. The second kappa shape index (κ2) is 18.8. The summed E-state index contributed by atoms with van der Waals surface area (Å²) in [6.07, 6.45) is 21.5. The van der Waals surface area contributed by atoms with E-state index in [0.29, 0.717) is 6.42 Å². The van der Waals surface area contributed by atoms with Crippen molar-refractivity contribution in [3.05, 3.63) is 69.9 Å². The van der Waals surface area contributed by atoms with Crippen molar-refractivity contribution in [2.45, 2.75) is 119 Å². The fourth-order valence-electron chi connectivity index (χ4n) is 3.37. The molecule has 0 aliphatic rings. The minimum absolute atomic E-state index is 0.183. The Bertz CT molecular complexity index is 692. The summed E-state index contributed by atoms with van der Waals surface area (Å²) in [5, 5.41) is 0. The first-order chi connectivity index (χ1) is 15.1. The molecule has 2 heteroatoms. The van der Waals surface area contributed by atoms with Crippen molar-refractivity contribution in [3.63, 3.8) is 0 Å². The molecule has 0 atom stereocenters. The van der Waals surface area contributed by atoms with Gasteiger partial charge in [-0.2, -0.15) is 0 Å². The van der Waals surface area contributed by atoms with Crippen LogP contribution in [0.1, 0.15) is 113 Å². The first-order valence-electron chi connectivity index (χ1n) is 12.3. The quantitative estimate of drug-likeness (QED) is 0.163. The summed E-state index contributed by atoms with van der Waals surface area (Å²) in [5.74, 6) is 0. The lowest BCUT2D eigenvalue weighted by atomic mass is 10.0. The molecule has 0 aliphatic carbocycles. The van der Waals surface area contributed by atoms with Crippen LogP contribution in [-0.4, -0.2) is 6.43 Å². The zero-order valence-electron chi connectivity index (χ0n) is 21.9. The van der Waals surface area contributed by atoms with Crippen LogP contribution in [0, 0.1) is 0 Å².